The number of nitrogens with zero attached hydrogens (tertiary/aromatic N) is 1. The first-order valence-electron chi connectivity index (χ1n) is 6.25. The number of unbranched alkanes of at least 4 members (excludes halogenated alkanes) is 1. The summed E-state index contributed by atoms with van der Waals surface area (Å²) in [4.78, 5) is 2.13. The Bertz CT molecular complexity index is 271. The van der Waals surface area contributed by atoms with Crippen molar-refractivity contribution >= 4 is 15.5 Å². The second-order valence-corrected chi connectivity index (χ2v) is 3.89. The summed E-state index contributed by atoms with van der Waals surface area (Å²) in [6.45, 7) is 2.04. The van der Waals surface area contributed by atoms with Crippen LogP contribution in [0, 0.1) is 0 Å². The highest BCUT2D eigenvalue weighted by Crippen LogP contribution is 1.95. The van der Waals surface area contributed by atoms with Crippen LogP contribution in [0.25, 0.3) is 0 Å². The van der Waals surface area contributed by atoms with Gasteiger partial charge in [-0.1, -0.05) is 42.5 Å². The van der Waals surface area contributed by atoms with Gasteiger partial charge in [-0.15, -0.1) is 0 Å². The Morgan fingerprint density at radius 3 is 2.53 bits per heavy atom. The standard InChI is InChI=1S/C13H24B2N2/c1-3-4-5-6-7-8-9-10-11-12-13-17(2)15-16-14/h3-4,6-9,12-13,15-16H,5,10-11,14H2,1-2H3/b4-3-,7-6-,9-8-,13-12-. The third kappa shape index (κ3) is 12.8. The van der Waals surface area contributed by atoms with Crippen LogP contribution < -0.4 is 5.14 Å². The molecule has 0 fully saturated rings. The van der Waals surface area contributed by atoms with Crippen molar-refractivity contribution < 1.29 is 0 Å². The molecule has 0 saturated heterocycles. The van der Waals surface area contributed by atoms with Crippen LogP contribution in [0.3, 0.4) is 0 Å². The van der Waals surface area contributed by atoms with Crippen LogP contribution in [0.5, 0.6) is 0 Å². The maximum atomic E-state index is 3.10. The van der Waals surface area contributed by atoms with Crippen LogP contribution in [-0.2, 0) is 0 Å². The van der Waals surface area contributed by atoms with Crippen LogP contribution in [0.4, 0.5) is 0 Å². The number of nitrogens with one attached hydrogen (secondary N) is 1. The summed E-state index contributed by atoms with van der Waals surface area (Å²) >= 11 is 0. The highest BCUT2D eigenvalue weighted by molar-refractivity contribution is 6.39. The summed E-state index contributed by atoms with van der Waals surface area (Å²) in [5.74, 6) is 0. The van der Waals surface area contributed by atoms with Crippen molar-refractivity contribution in [1.29, 1.82) is 0 Å². The normalized spacial score (nSPS) is 12.4. The van der Waals surface area contributed by atoms with E-state index in [1.54, 1.807) is 0 Å². The van der Waals surface area contributed by atoms with Crippen molar-refractivity contribution in [3.8, 4) is 0 Å². The van der Waals surface area contributed by atoms with Crippen molar-refractivity contribution in [1.82, 2.24) is 9.95 Å². The van der Waals surface area contributed by atoms with Crippen molar-refractivity contribution in [3.05, 3.63) is 48.7 Å². The van der Waals surface area contributed by atoms with E-state index in [-0.39, 0.29) is 0 Å². The highest BCUT2D eigenvalue weighted by Gasteiger charge is 1.88. The Morgan fingerprint density at radius 1 is 1.12 bits per heavy atom. The molecule has 0 aliphatic rings. The molecule has 0 aliphatic carbocycles. The second-order valence-electron chi connectivity index (χ2n) is 3.89. The minimum Gasteiger partial charge on any atom is -0.414 e. The summed E-state index contributed by atoms with van der Waals surface area (Å²) < 4.78 is 0. The molecule has 92 valence electrons. The van der Waals surface area contributed by atoms with Crippen LogP contribution >= 0.6 is 0 Å². The summed E-state index contributed by atoms with van der Waals surface area (Å²) in [6, 6.07) is 0. The van der Waals surface area contributed by atoms with E-state index >= 15 is 0 Å². The largest absolute Gasteiger partial charge is 0.414 e. The predicted molar refractivity (Wildman–Crippen MR) is 82.7 cm³/mol. The molecule has 0 amide bonds. The van der Waals surface area contributed by atoms with Crippen LogP contribution in [0.2, 0.25) is 0 Å². The molecular formula is C13H24B2N2. The molecule has 0 unspecified atom stereocenters. The Kier molecular flexibility index (Phi) is 12.0. The number of hydrogen-bond donors (Lipinski definition) is 1. The number of hydrogen-bond acceptors (Lipinski definition) is 2. The van der Waals surface area contributed by atoms with E-state index in [1.807, 2.05) is 14.9 Å². The van der Waals surface area contributed by atoms with Gasteiger partial charge in [0.05, 0.1) is 0 Å². The van der Waals surface area contributed by atoms with Gasteiger partial charge in [-0.3, -0.25) is 0 Å². The van der Waals surface area contributed by atoms with Gasteiger partial charge in [-0.25, -0.2) is 0 Å². The molecule has 0 heterocycles. The van der Waals surface area contributed by atoms with E-state index in [9.17, 15) is 0 Å². The van der Waals surface area contributed by atoms with Gasteiger partial charge in [0.25, 0.3) is 0 Å². The molecule has 1 N–H and O–H groups in total. The molecule has 17 heavy (non-hydrogen) atoms. The smallest absolute Gasteiger partial charge is 0.308 e. The monoisotopic (exact) mass is 230 g/mol. The maximum Gasteiger partial charge on any atom is 0.308 e. The van der Waals surface area contributed by atoms with Crippen molar-refractivity contribution in [2.75, 3.05) is 7.05 Å². The molecule has 0 aromatic rings. The number of allylic oxidation sites excluding steroid dienone is 7. The summed E-state index contributed by atoms with van der Waals surface area (Å²) in [7, 11) is 4.90. The van der Waals surface area contributed by atoms with E-state index < -0.39 is 0 Å². The van der Waals surface area contributed by atoms with Gasteiger partial charge in [-0.2, -0.15) is 0 Å². The fourth-order valence-corrected chi connectivity index (χ4v) is 1.30. The van der Waals surface area contributed by atoms with Gasteiger partial charge < -0.3 is 9.95 Å². The lowest BCUT2D eigenvalue weighted by Crippen LogP contribution is -2.29. The molecular weight excluding hydrogens is 206 g/mol. The molecule has 0 saturated carbocycles. The Hall–Kier alpha value is -1.15. The fourth-order valence-electron chi connectivity index (χ4n) is 1.30. The zero-order chi connectivity index (χ0) is 12.8. The summed E-state index contributed by atoms with van der Waals surface area (Å²) in [5.41, 5.74) is 0. The SMILES string of the molecule is BNBN(C)/C=C\CC/C=C\C=C/C/C=C\C. The molecule has 0 radical (unpaired) electrons. The molecule has 0 aromatic heterocycles. The lowest BCUT2D eigenvalue weighted by molar-refractivity contribution is 0.717. The van der Waals surface area contributed by atoms with Gasteiger partial charge in [0.15, 0.2) is 7.98 Å². The first-order valence-corrected chi connectivity index (χ1v) is 6.25. The second kappa shape index (κ2) is 12.9. The fraction of sp³-hybridized carbons (Fsp3) is 0.385. The van der Waals surface area contributed by atoms with Crippen molar-refractivity contribution in [2.45, 2.75) is 26.2 Å². The van der Waals surface area contributed by atoms with Crippen molar-refractivity contribution in [3.63, 3.8) is 0 Å². The average molecular weight is 230 g/mol. The zero-order valence-corrected chi connectivity index (χ0v) is 11.4. The first-order chi connectivity index (χ1) is 8.31. The molecule has 0 atom stereocenters. The quantitative estimate of drug-likeness (QED) is 0.280. The van der Waals surface area contributed by atoms with E-state index in [1.165, 1.54) is 0 Å². The average Bonchev–Trinajstić information content (AvgIpc) is 2.32. The Labute approximate surface area is 108 Å². The lowest BCUT2D eigenvalue weighted by Gasteiger charge is -2.10. The third-order valence-corrected chi connectivity index (χ3v) is 2.16. The van der Waals surface area contributed by atoms with Gasteiger partial charge in [-0.05, 0) is 39.4 Å². The molecule has 0 bridgehead atoms. The van der Waals surface area contributed by atoms with Gasteiger partial charge in [0.2, 0.25) is 0 Å². The first kappa shape index (κ1) is 15.8. The Morgan fingerprint density at radius 2 is 1.82 bits per heavy atom. The van der Waals surface area contributed by atoms with E-state index in [4.69, 9.17) is 0 Å². The minimum absolute atomic E-state index is 0.889. The van der Waals surface area contributed by atoms with Crippen molar-refractivity contribution in [2.24, 2.45) is 0 Å². The van der Waals surface area contributed by atoms with Crippen LogP contribution in [-0.4, -0.2) is 27.4 Å². The van der Waals surface area contributed by atoms with Crippen LogP contribution in [0.1, 0.15) is 26.2 Å². The highest BCUT2D eigenvalue weighted by atomic mass is 15.0. The Balaban J connectivity index is 3.50. The van der Waals surface area contributed by atoms with Gasteiger partial charge in [0.1, 0.15) is 0 Å². The minimum atomic E-state index is 0.889. The number of rotatable bonds is 9. The molecule has 0 spiro atoms. The van der Waals surface area contributed by atoms with E-state index in [0.717, 1.165) is 26.8 Å². The molecule has 0 aliphatic heterocycles. The predicted octanol–water partition coefficient (Wildman–Crippen LogP) is 1.69. The lowest BCUT2D eigenvalue weighted by atomic mass is 10.1. The van der Waals surface area contributed by atoms with Gasteiger partial charge in [0, 0.05) is 0 Å². The maximum absolute atomic E-state index is 3.10. The van der Waals surface area contributed by atoms with E-state index in [0.29, 0.717) is 0 Å². The summed E-state index contributed by atoms with van der Waals surface area (Å²) in [5, 5.41) is 3.10. The third-order valence-electron chi connectivity index (χ3n) is 2.16. The summed E-state index contributed by atoms with van der Waals surface area (Å²) in [6.07, 6.45) is 20.3. The van der Waals surface area contributed by atoms with E-state index in [2.05, 4.69) is 65.7 Å². The van der Waals surface area contributed by atoms with Gasteiger partial charge >= 0.3 is 7.55 Å². The molecule has 2 nitrogen and oxygen atoms in total. The molecule has 0 rings (SSSR count). The molecule has 0 aromatic carbocycles. The molecule has 4 heteroatoms. The van der Waals surface area contributed by atoms with Crippen LogP contribution in [0.15, 0.2) is 48.7 Å². The topological polar surface area (TPSA) is 15.3 Å². The zero-order valence-electron chi connectivity index (χ0n) is 11.4.